The van der Waals surface area contributed by atoms with Gasteiger partial charge < -0.3 is 10.2 Å². The van der Waals surface area contributed by atoms with Gasteiger partial charge >= 0.3 is 5.69 Å². The summed E-state index contributed by atoms with van der Waals surface area (Å²) in [6.45, 7) is 0.0509. The maximum absolute atomic E-state index is 13.5. The van der Waals surface area contributed by atoms with Gasteiger partial charge in [0.2, 0.25) is 17.6 Å². The minimum atomic E-state index is -0.537. The Morgan fingerprint density at radius 2 is 1.77 bits per heavy atom. The molecule has 0 aliphatic carbocycles. The van der Waals surface area contributed by atoms with E-state index in [1.54, 1.807) is 45.4 Å². The fourth-order valence-electron chi connectivity index (χ4n) is 4.71. The largest absolute Gasteiger partial charge is 0.332 e. The number of hydrogen-bond acceptors (Lipinski definition) is 7. The molecule has 3 aromatic heterocycles. The molecule has 198 valence electrons. The van der Waals surface area contributed by atoms with Crippen molar-refractivity contribution in [2.24, 2.45) is 14.1 Å². The number of aromatic nitrogens is 6. The molecule has 0 fully saturated rings. The molecule has 4 heterocycles. The van der Waals surface area contributed by atoms with Gasteiger partial charge in [0, 0.05) is 14.1 Å². The first-order valence-electron chi connectivity index (χ1n) is 11.8. The molecule has 1 N–H and O–H groups in total. The van der Waals surface area contributed by atoms with Gasteiger partial charge in [-0.3, -0.25) is 28.1 Å². The molecule has 0 saturated heterocycles. The third-order valence-corrected chi connectivity index (χ3v) is 7.51. The van der Waals surface area contributed by atoms with Gasteiger partial charge in [-0.25, -0.2) is 13.6 Å². The van der Waals surface area contributed by atoms with Crippen molar-refractivity contribution in [2.75, 3.05) is 22.5 Å². The number of benzene rings is 2. The zero-order valence-electron chi connectivity index (χ0n) is 20.8. The van der Waals surface area contributed by atoms with Crippen LogP contribution in [0.25, 0.3) is 16.9 Å². The Morgan fingerprint density at radius 3 is 2.54 bits per heavy atom. The van der Waals surface area contributed by atoms with Crippen LogP contribution in [0, 0.1) is 5.82 Å². The van der Waals surface area contributed by atoms with Gasteiger partial charge in [0.15, 0.2) is 16.3 Å². The van der Waals surface area contributed by atoms with E-state index < -0.39 is 11.2 Å². The lowest BCUT2D eigenvalue weighted by Crippen LogP contribution is -2.43. The molecular formula is C25H21FN8O4S. The molecule has 0 radical (unpaired) electrons. The number of imidazole rings is 1. The van der Waals surface area contributed by atoms with Crippen molar-refractivity contribution in [3.8, 4) is 0 Å². The molecule has 14 heteroatoms. The SMILES string of the molecule is Cn1c(=O)c2c(n(C)c1=O)n1c(SCC(=O)N3CC(=O)Nc4ccccc43)nnc1n2Cc1ccc(F)cc1. The van der Waals surface area contributed by atoms with Crippen molar-refractivity contribution in [3.05, 3.63) is 80.7 Å². The summed E-state index contributed by atoms with van der Waals surface area (Å²) < 4.78 is 19.0. The van der Waals surface area contributed by atoms with Gasteiger partial charge in [0.1, 0.15) is 12.4 Å². The fourth-order valence-corrected chi connectivity index (χ4v) is 5.51. The monoisotopic (exact) mass is 548 g/mol. The lowest BCUT2D eigenvalue weighted by Gasteiger charge is -2.28. The van der Waals surface area contributed by atoms with E-state index in [-0.39, 0.29) is 53.4 Å². The minimum Gasteiger partial charge on any atom is -0.323 e. The number of rotatable bonds is 5. The van der Waals surface area contributed by atoms with Crippen molar-refractivity contribution < 1.29 is 14.0 Å². The molecule has 0 atom stereocenters. The maximum atomic E-state index is 13.5. The van der Waals surface area contributed by atoms with E-state index in [9.17, 15) is 23.6 Å². The van der Waals surface area contributed by atoms with Gasteiger partial charge in [-0.2, -0.15) is 0 Å². The van der Waals surface area contributed by atoms with E-state index in [1.807, 2.05) is 0 Å². The Bertz CT molecular complexity index is 1920. The molecular weight excluding hydrogens is 527 g/mol. The average Bonchev–Trinajstić information content (AvgIpc) is 3.48. The summed E-state index contributed by atoms with van der Waals surface area (Å²) in [6, 6.07) is 12.9. The second-order valence-electron chi connectivity index (χ2n) is 9.04. The summed E-state index contributed by atoms with van der Waals surface area (Å²) in [7, 11) is 2.93. The van der Waals surface area contributed by atoms with Crippen molar-refractivity contribution in [1.82, 2.24) is 28.3 Å². The number of para-hydroxylation sites is 2. The Kier molecular flexibility index (Phi) is 5.83. The quantitative estimate of drug-likeness (QED) is 0.328. The number of amides is 2. The first kappa shape index (κ1) is 24.6. The van der Waals surface area contributed by atoms with Crippen LogP contribution >= 0.6 is 11.8 Å². The lowest BCUT2D eigenvalue weighted by molar-refractivity contribution is -0.120. The molecule has 39 heavy (non-hydrogen) atoms. The highest BCUT2D eigenvalue weighted by atomic mass is 32.2. The number of thioether (sulfide) groups is 1. The first-order chi connectivity index (χ1) is 18.7. The predicted molar refractivity (Wildman–Crippen MR) is 143 cm³/mol. The van der Waals surface area contributed by atoms with E-state index in [0.29, 0.717) is 22.1 Å². The van der Waals surface area contributed by atoms with Crippen molar-refractivity contribution in [1.29, 1.82) is 0 Å². The lowest BCUT2D eigenvalue weighted by atomic mass is 10.2. The topological polar surface area (TPSA) is 129 Å². The molecule has 5 aromatic rings. The summed E-state index contributed by atoms with van der Waals surface area (Å²) in [4.78, 5) is 52.9. The highest BCUT2D eigenvalue weighted by molar-refractivity contribution is 7.99. The van der Waals surface area contributed by atoms with Crippen LogP contribution in [0.15, 0.2) is 63.3 Å². The van der Waals surface area contributed by atoms with Crippen LogP contribution < -0.4 is 21.5 Å². The minimum absolute atomic E-state index is 0.0775. The molecule has 6 rings (SSSR count). The number of halogens is 1. The number of anilines is 2. The van der Waals surface area contributed by atoms with Crippen LogP contribution in [0.1, 0.15) is 5.56 Å². The van der Waals surface area contributed by atoms with Crippen LogP contribution in [0.2, 0.25) is 0 Å². The van der Waals surface area contributed by atoms with Crippen molar-refractivity contribution >= 4 is 51.9 Å². The van der Waals surface area contributed by atoms with Gasteiger partial charge in [-0.05, 0) is 29.8 Å². The highest BCUT2D eigenvalue weighted by Crippen LogP contribution is 2.30. The molecule has 1 aliphatic rings. The number of aryl methyl sites for hydroxylation is 1. The van der Waals surface area contributed by atoms with E-state index >= 15 is 0 Å². The molecule has 0 spiro atoms. The Labute approximate surface area is 223 Å². The summed E-state index contributed by atoms with van der Waals surface area (Å²) in [5, 5.41) is 11.6. The van der Waals surface area contributed by atoms with Crippen LogP contribution in [0.4, 0.5) is 15.8 Å². The van der Waals surface area contributed by atoms with Gasteiger partial charge in [-0.1, -0.05) is 36.0 Å². The van der Waals surface area contributed by atoms with Crippen molar-refractivity contribution in [2.45, 2.75) is 11.7 Å². The normalized spacial score (nSPS) is 13.2. The molecule has 2 aromatic carbocycles. The zero-order valence-corrected chi connectivity index (χ0v) is 21.6. The Balaban J connectivity index is 1.42. The number of hydrogen-bond donors (Lipinski definition) is 1. The molecule has 12 nitrogen and oxygen atoms in total. The van der Waals surface area contributed by atoms with Crippen LogP contribution in [0.3, 0.4) is 0 Å². The Hall–Kier alpha value is -4.72. The van der Waals surface area contributed by atoms with Crippen LogP contribution in [-0.4, -0.2) is 52.4 Å². The number of carbonyl (C=O) groups is 2. The average molecular weight is 549 g/mol. The Morgan fingerprint density at radius 1 is 1.03 bits per heavy atom. The van der Waals surface area contributed by atoms with E-state index in [0.717, 1.165) is 16.3 Å². The molecule has 0 saturated carbocycles. The van der Waals surface area contributed by atoms with Crippen molar-refractivity contribution in [3.63, 3.8) is 0 Å². The number of fused-ring (bicyclic) bond motifs is 4. The summed E-state index contributed by atoms with van der Waals surface area (Å²) in [6.07, 6.45) is 0. The number of carbonyl (C=O) groups excluding carboxylic acids is 2. The number of nitrogens with one attached hydrogen (secondary N) is 1. The standard InChI is InChI=1S/C25H21FN8O4S/c1-30-21-20(22(37)31(2)25(30)38)33(11-14-7-9-15(26)10-8-14)23-28-29-24(34(21)23)39-13-19(36)32-12-18(35)27-16-5-3-4-6-17(16)32/h3-10H,11-13H2,1-2H3,(H,27,35). The third kappa shape index (κ3) is 4.00. The van der Waals surface area contributed by atoms with E-state index in [1.165, 1.54) is 35.7 Å². The summed E-state index contributed by atoms with van der Waals surface area (Å²) in [5.74, 6) is -0.804. The second-order valence-corrected chi connectivity index (χ2v) is 9.98. The maximum Gasteiger partial charge on any atom is 0.332 e. The molecule has 1 aliphatic heterocycles. The smallest absolute Gasteiger partial charge is 0.323 e. The zero-order chi connectivity index (χ0) is 27.4. The third-order valence-electron chi connectivity index (χ3n) is 6.60. The fraction of sp³-hybridized carbons (Fsp3) is 0.200. The summed E-state index contributed by atoms with van der Waals surface area (Å²) >= 11 is 1.07. The van der Waals surface area contributed by atoms with E-state index in [4.69, 9.17) is 0 Å². The highest BCUT2D eigenvalue weighted by Gasteiger charge is 2.28. The molecule has 0 bridgehead atoms. The first-order valence-corrected chi connectivity index (χ1v) is 12.8. The van der Waals surface area contributed by atoms with Crippen LogP contribution in [-0.2, 0) is 30.2 Å². The van der Waals surface area contributed by atoms with E-state index in [2.05, 4.69) is 15.5 Å². The van der Waals surface area contributed by atoms with Crippen LogP contribution in [0.5, 0.6) is 0 Å². The second kappa shape index (κ2) is 9.23. The van der Waals surface area contributed by atoms with Gasteiger partial charge in [-0.15, -0.1) is 10.2 Å². The predicted octanol–water partition coefficient (Wildman–Crippen LogP) is 1.35. The summed E-state index contributed by atoms with van der Waals surface area (Å²) in [5.41, 5.74) is 1.27. The molecule has 2 amide bonds. The molecule has 0 unspecified atom stereocenters. The number of nitrogens with zero attached hydrogens (tertiary/aromatic N) is 7. The van der Waals surface area contributed by atoms with Gasteiger partial charge in [0.05, 0.1) is 23.7 Å². The van der Waals surface area contributed by atoms with Gasteiger partial charge in [0.25, 0.3) is 5.56 Å².